The predicted octanol–water partition coefficient (Wildman–Crippen LogP) is 1.52. The van der Waals surface area contributed by atoms with Crippen LogP contribution in [-0.2, 0) is 9.59 Å². The summed E-state index contributed by atoms with van der Waals surface area (Å²) in [5, 5.41) is 2.75. The summed E-state index contributed by atoms with van der Waals surface area (Å²) in [4.78, 5) is 25.2. The molecule has 0 unspecified atom stereocenters. The van der Waals surface area contributed by atoms with Crippen LogP contribution in [0.15, 0.2) is 11.1 Å². The van der Waals surface area contributed by atoms with Crippen molar-refractivity contribution in [3.8, 4) is 0 Å². The van der Waals surface area contributed by atoms with Crippen LogP contribution >= 0.6 is 15.9 Å². The number of likely N-dealkylation sites (tertiary alicyclic amines) is 1. The van der Waals surface area contributed by atoms with Crippen molar-refractivity contribution in [2.24, 2.45) is 11.8 Å². The Kier molecular flexibility index (Phi) is 5.18. The number of hydrogen-bond acceptors (Lipinski definition) is 2. The van der Waals surface area contributed by atoms with Crippen molar-refractivity contribution in [2.45, 2.75) is 20.3 Å². The molecule has 0 bridgehead atoms. The Hall–Kier alpha value is -0.840. The van der Waals surface area contributed by atoms with Crippen LogP contribution in [0.4, 0.5) is 0 Å². The van der Waals surface area contributed by atoms with Crippen molar-refractivity contribution in [3.05, 3.63) is 11.1 Å². The van der Waals surface area contributed by atoms with Gasteiger partial charge in [-0.25, -0.2) is 0 Å². The Morgan fingerprint density at radius 2 is 2.29 bits per heavy atom. The van der Waals surface area contributed by atoms with Gasteiger partial charge < -0.3 is 10.2 Å². The minimum atomic E-state index is -0.215. The van der Waals surface area contributed by atoms with Crippen molar-refractivity contribution in [2.75, 3.05) is 19.6 Å². The molecule has 1 aliphatic heterocycles. The lowest BCUT2D eigenvalue weighted by Gasteiger charge is -2.18. The van der Waals surface area contributed by atoms with E-state index in [9.17, 15) is 9.59 Å². The molecule has 1 aliphatic rings. The Morgan fingerprint density at radius 1 is 1.65 bits per heavy atom. The maximum Gasteiger partial charge on any atom is 0.225 e. The molecule has 17 heavy (non-hydrogen) atoms. The zero-order chi connectivity index (χ0) is 13.0. The average molecular weight is 303 g/mol. The van der Waals surface area contributed by atoms with Gasteiger partial charge in [-0.05, 0) is 5.92 Å². The summed E-state index contributed by atoms with van der Waals surface area (Å²) in [6.07, 6.45) is 0.327. The zero-order valence-electron chi connectivity index (χ0n) is 10.3. The zero-order valence-corrected chi connectivity index (χ0v) is 11.9. The topological polar surface area (TPSA) is 49.4 Å². The van der Waals surface area contributed by atoms with Crippen LogP contribution in [0.2, 0.25) is 0 Å². The molecule has 1 heterocycles. The van der Waals surface area contributed by atoms with E-state index in [1.807, 2.05) is 0 Å². The van der Waals surface area contributed by atoms with E-state index < -0.39 is 0 Å². The molecule has 96 valence electrons. The third kappa shape index (κ3) is 4.50. The van der Waals surface area contributed by atoms with Crippen molar-refractivity contribution >= 4 is 27.7 Å². The second-order valence-electron chi connectivity index (χ2n) is 4.83. The minimum Gasteiger partial charge on any atom is -0.351 e. The quantitative estimate of drug-likeness (QED) is 0.837. The standard InChI is InChI=1S/C12H19BrN2O2/c1-8(2)6-15-7-10(4-11(15)16)12(17)14-5-9(3)13/h8,10H,3-7H2,1-2H3,(H,14,17)/t10-/m1/s1. The largest absolute Gasteiger partial charge is 0.351 e. The molecule has 2 amide bonds. The first-order valence-corrected chi connectivity index (χ1v) is 6.58. The van der Waals surface area contributed by atoms with Gasteiger partial charge in [0.1, 0.15) is 0 Å². The van der Waals surface area contributed by atoms with Gasteiger partial charge in [0.05, 0.1) is 5.92 Å². The SMILES string of the molecule is C=C(Br)CNC(=O)[C@@H]1CC(=O)N(CC(C)C)C1. The molecule has 0 spiro atoms. The van der Waals surface area contributed by atoms with Gasteiger partial charge in [-0.3, -0.25) is 9.59 Å². The maximum absolute atomic E-state index is 11.8. The summed E-state index contributed by atoms with van der Waals surface area (Å²) in [6.45, 7) is 9.46. The predicted molar refractivity (Wildman–Crippen MR) is 70.6 cm³/mol. The van der Waals surface area contributed by atoms with E-state index in [4.69, 9.17) is 0 Å². The summed E-state index contributed by atoms with van der Waals surface area (Å²) in [5.74, 6) is 0.234. The van der Waals surface area contributed by atoms with E-state index >= 15 is 0 Å². The molecule has 0 aliphatic carbocycles. The van der Waals surface area contributed by atoms with E-state index in [1.165, 1.54) is 0 Å². The normalized spacial score (nSPS) is 19.9. The lowest BCUT2D eigenvalue weighted by Crippen LogP contribution is -2.34. The number of carbonyl (C=O) groups excluding carboxylic acids is 2. The Bertz CT molecular complexity index is 328. The smallest absolute Gasteiger partial charge is 0.225 e. The van der Waals surface area contributed by atoms with Crippen LogP contribution in [0, 0.1) is 11.8 Å². The Balaban J connectivity index is 2.45. The summed E-state index contributed by atoms with van der Waals surface area (Å²) < 4.78 is 0.731. The highest BCUT2D eigenvalue weighted by molar-refractivity contribution is 9.11. The van der Waals surface area contributed by atoms with Gasteiger partial charge in [-0.15, -0.1) is 0 Å². The molecule has 1 fully saturated rings. The summed E-state index contributed by atoms with van der Waals surface area (Å²) in [5.41, 5.74) is 0. The van der Waals surface area contributed by atoms with E-state index in [0.717, 1.165) is 11.0 Å². The van der Waals surface area contributed by atoms with Crippen LogP contribution in [-0.4, -0.2) is 36.3 Å². The van der Waals surface area contributed by atoms with Crippen LogP contribution in [0.1, 0.15) is 20.3 Å². The number of rotatable bonds is 5. The molecule has 1 N–H and O–H groups in total. The Labute approximate surface area is 111 Å². The fraction of sp³-hybridized carbons (Fsp3) is 0.667. The van der Waals surface area contributed by atoms with Crippen LogP contribution in [0.25, 0.3) is 0 Å². The molecule has 5 heteroatoms. The molecule has 0 radical (unpaired) electrons. The van der Waals surface area contributed by atoms with E-state index in [-0.39, 0.29) is 17.7 Å². The number of hydrogen-bond donors (Lipinski definition) is 1. The second-order valence-corrected chi connectivity index (χ2v) is 5.95. The molecule has 1 atom stereocenters. The molecule has 1 rings (SSSR count). The summed E-state index contributed by atoms with van der Waals surface area (Å²) in [6, 6.07) is 0. The maximum atomic E-state index is 11.8. The monoisotopic (exact) mass is 302 g/mol. The first-order chi connectivity index (χ1) is 7.90. The van der Waals surface area contributed by atoms with Crippen molar-refractivity contribution in [1.82, 2.24) is 10.2 Å². The van der Waals surface area contributed by atoms with Crippen molar-refractivity contribution < 1.29 is 9.59 Å². The number of halogens is 1. The molecule has 0 aromatic rings. The third-order valence-corrected chi connectivity index (χ3v) is 2.91. The van der Waals surface area contributed by atoms with Crippen molar-refractivity contribution in [1.29, 1.82) is 0 Å². The molecular weight excluding hydrogens is 284 g/mol. The van der Waals surface area contributed by atoms with Gasteiger partial charge in [-0.2, -0.15) is 0 Å². The number of carbonyl (C=O) groups is 2. The molecule has 0 aromatic heterocycles. The highest BCUT2D eigenvalue weighted by Crippen LogP contribution is 2.19. The van der Waals surface area contributed by atoms with Gasteiger partial charge in [-0.1, -0.05) is 36.4 Å². The molecule has 0 saturated carbocycles. The fourth-order valence-corrected chi connectivity index (χ4v) is 2.03. The van der Waals surface area contributed by atoms with Gasteiger partial charge in [0.15, 0.2) is 0 Å². The Morgan fingerprint density at radius 3 is 2.82 bits per heavy atom. The molecular formula is C12H19BrN2O2. The number of nitrogens with one attached hydrogen (secondary N) is 1. The summed E-state index contributed by atoms with van der Waals surface area (Å²) in [7, 11) is 0. The lowest BCUT2D eigenvalue weighted by molar-refractivity contribution is -0.129. The average Bonchev–Trinajstić information content (AvgIpc) is 2.56. The first-order valence-electron chi connectivity index (χ1n) is 5.79. The third-order valence-electron chi connectivity index (χ3n) is 2.63. The van der Waals surface area contributed by atoms with Gasteiger partial charge in [0, 0.05) is 30.5 Å². The van der Waals surface area contributed by atoms with Crippen LogP contribution in [0.3, 0.4) is 0 Å². The molecule has 1 saturated heterocycles. The van der Waals surface area contributed by atoms with Crippen LogP contribution in [0.5, 0.6) is 0 Å². The van der Waals surface area contributed by atoms with Gasteiger partial charge in [0.2, 0.25) is 11.8 Å². The highest BCUT2D eigenvalue weighted by Gasteiger charge is 2.34. The van der Waals surface area contributed by atoms with Gasteiger partial charge in [0.25, 0.3) is 0 Å². The van der Waals surface area contributed by atoms with E-state index in [1.54, 1.807) is 4.90 Å². The second kappa shape index (κ2) is 6.19. The van der Waals surface area contributed by atoms with E-state index in [0.29, 0.717) is 25.4 Å². The molecule has 4 nitrogen and oxygen atoms in total. The fourth-order valence-electron chi connectivity index (χ4n) is 1.89. The first kappa shape index (κ1) is 14.2. The van der Waals surface area contributed by atoms with Gasteiger partial charge >= 0.3 is 0 Å². The summed E-state index contributed by atoms with van der Waals surface area (Å²) >= 11 is 3.18. The minimum absolute atomic E-state index is 0.0646. The van der Waals surface area contributed by atoms with Crippen molar-refractivity contribution in [3.63, 3.8) is 0 Å². The lowest BCUT2D eigenvalue weighted by atomic mass is 10.1. The molecule has 0 aromatic carbocycles. The number of nitrogens with zero attached hydrogens (tertiary/aromatic N) is 1. The number of amides is 2. The van der Waals surface area contributed by atoms with E-state index in [2.05, 4.69) is 41.7 Å². The van der Waals surface area contributed by atoms with Crippen LogP contribution < -0.4 is 5.32 Å². The highest BCUT2D eigenvalue weighted by atomic mass is 79.9.